The summed E-state index contributed by atoms with van der Waals surface area (Å²) in [4.78, 5) is 16.7. The summed E-state index contributed by atoms with van der Waals surface area (Å²) in [7, 11) is -4.15. The first kappa shape index (κ1) is 9.59. The molecule has 0 heterocycles. The fourth-order valence-electron chi connectivity index (χ4n) is 0.281. The first-order chi connectivity index (χ1) is 3.85. The zero-order valence-electron chi connectivity index (χ0n) is 4.73. The van der Waals surface area contributed by atoms with Crippen LogP contribution < -0.4 is 0 Å². The number of aliphatic hydroxyl groups is 1. The average molecular weight is 219 g/mol. The van der Waals surface area contributed by atoms with Crippen molar-refractivity contribution in [1.29, 1.82) is 0 Å². The molecule has 0 fully saturated rings. The van der Waals surface area contributed by atoms with Crippen molar-refractivity contribution < 1.29 is 19.5 Å². The summed E-state index contributed by atoms with van der Waals surface area (Å²) in [5.74, 6) is 0. The maximum Gasteiger partial charge on any atom is 0.341 e. The molecule has 0 unspecified atom stereocenters. The van der Waals surface area contributed by atoms with Gasteiger partial charge in [-0.1, -0.05) is 15.9 Å². The van der Waals surface area contributed by atoms with Crippen LogP contribution in [0.15, 0.2) is 0 Å². The van der Waals surface area contributed by atoms with Crippen LogP contribution in [-0.4, -0.2) is 25.6 Å². The van der Waals surface area contributed by atoms with E-state index in [-0.39, 0.29) is 0 Å². The molecule has 0 saturated carbocycles. The van der Waals surface area contributed by atoms with Crippen molar-refractivity contribution in [1.82, 2.24) is 0 Å². The predicted molar refractivity (Wildman–Crippen MR) is 36.4 cm³/mol. The molecule has 3 N–H and O–H groups in total. The molecule has 2 atom stereocenters. The first-order valence-electron chi connectivity index (χ1n) is 2.23. The molecule has 0 aromatic rings. The lowest BCUT2D eigenvalue weighted by Crippen LogP contribution is -2.15. The summed E-state index contributed by atoms with van der Waals surface area (Å²) in [5.41, 5.74) is 0. The summed E-state index contributed by atoms with van der Waals surface area (Å²) in [6, 6.07) is 0. The highest BCUT2D eigenvalue weighted by Crippen LogP contribution is 2.46. The van der Waals surface area contributed by atoms with Gasteiger partial charge in [-0.3, -0.25) is 4.57 Å². The number of hydrogen-bond donors (Lipinski definition) is 3. The summed E-state index contributed by atoms with van der Waals surface area (Å²) >= 11 is 2.65. The second kappa shape index (κ2) is 3.12. The van der Waals surface area contributed by atoms with Gasteiger partial charge in [-0.25, -0.2) is 0 Å². The highest BCUT2D eigenvalue weighted by Gasteiger charge is 2.29. The molecule has 0 aliphatic heterocycles. The van der Waals surface area contributed by atoms with E-state index >= 15 is 0 Å². The van der Waals surface area contributed by atoms with E-state index in [1.54, 1.807) is 0 Å². The van der Waals surface area contributed by atoms with Crippen LogP contribution in [0, 0.1) is 0 Å². The Hall–Kier alpha value is 0.590. The number of hydrogen-bond acceptors (Lipinski definition) is 2. The minimum absolute atomic E-state index is 1.04. The van der Waals surface area contributed by atoms with Crippen LogP contribution in [0.3, 0.4) is 0 Å². The van der Waals surface area contributed by atoms with Gasteiger partial charge >= 0.3 is 7.60 Å². The minimum atomic E-state index is -4.15. The standard InChI is InChI=1S/C3H8BrO4P/c1-2(5)3(4)9(6,7)8/h2-3,5H,1H3,(H2,6,7,8)/t2-,3-/m0/s1. The van der Waals surface area contributed by atoms with Crippen LogP contribution in [0.5, 0.6) is 0 Å². The lowest BCUT2D eigenvalue weighted by molar-refractivity contribution is 0.201. The van der Waals surface area contributed by atoms with Crippen molar-refractivity contribution in [3.8, 4) is 0 Å². The first-order valence-corrected chi connectivity index (χ1v) is 4.83. The number of aliphatic hydroxyl groups excluding tert-OH is 1. The maximum atomic E-state index is 10.3. The van der Waals surface area contributed by atoms with Gasteiger partial charge in [0.15, 0.2) is 0 Å². The topological polar surface area (TPSA) is 77.8 Å². The van der Waals surface area contributed by atoms with Gasteiger partial charge in [0.2, 0.25) is 0 Å². The van der Waals surface area contributed by atoms with Crippen molar-refractivity contribution in [3.05, 3.63) is 0 Å². The van der Waals surface area contributed by atoms with Gasteiger partial charge < -0.3 is 14.9 Å². The van der Waals surface area contributed by atoms with Crippen LogP contribution in [0.2, 0.25) is 0 Å². The molecule has 0 amide bonds. The van der Waals surface area contributed by atoms with Crippen LogP contribution in [0.4, 0.5) is 0 Å². The molecule has 0 aliphatic carbocycles. The van der Waals surface area contributed by atoms with Crippen molar-refractivity contribution in [2.75, 3.05) is 0 Å². The fourth-order valence-corrected chi connectivity index (χ4v) is 0.843. The Labute approximate surface area is 61.2 Å². The summed E-state index contributed by atoms with van der Waals surface area (Å²) in [5, 5.41) is 8.62. The third kappa shape index (κ3) is 3.33. The molecule has 0 bridgehead atoms. The highest BCUT2D eigenvalue weighted by molar-refractivity contribution is 9.10. The van der Waals surface area contributed by atoms with Gasteiger partial charge in [0, 0.05) is 0 Å². The van der Waals surface area contributed by atoms with Crippen LogP contribution in [0.25, 0.3) is 0 Å². The molecule has 0 radical (unpaired) electrons. The Morgan fingerprint density at radius 2 is 1.89 bits per heavy atom. The molecule has 9 heavy (non-hydrogen) atoms. The molecular formula is C3H8BrO4P. The Morgan fingerprint density at radius 1 is 1.56 bits per heavy atom. The van der Waals surface area contributed by atoms with Crippen LogP contribution in [-0.2, 0) is 4.57 Å². The van der Waals surface area contributed by atoms with Gasteiger partial charge in [0.25, 0.3) is 0 Å². The van der Waals surface area contributed by atoms with Crippen LogP contribution in [0.1, 0.15) is 6.92 Å². The monoisotopic (exact) mass is 218 g/mol. The maximum absolute atomic E-state index is 10.3. The van der Waals surface area contributed by atoms with E-state index in [2.05, 4.69) is 15.9 Å². The van der Waals surface area contributed by atoms with E-state index in [9.17, 15) is 4.57 Å². The number of rotatable bonds is 2. The van der Waals surface area contributed by atoms with Gasteiger partial charge in [0.1, 0.15) is 4.57 Å². The Kier molecular flexibility index (Phi) is 3.33. The molecule has 4 nitrogen and oxygen atoms in total. The van der Waals surface area contributed by atoms with Crippen molar-refractivity contribution in [3.63, 3.8) is 0 Å². The predicted octanol–water partition coefficient (Wildman–Crippen LogP) is 0.266. The van der Waals surface area contributed by atoms with Crippen molar-refractivity contribution in [2.45, 2.75) is 17.6 Å². The van der Waals surface area contributed by atoms with Crippen molar-refractivity contribution in [2.24, 2.45) is 0 Å². The Morgan fingerprint density at radius 3 is 1.89 bits per heavy atom. The Bertz CT molecular complexity index is 130. The van der Waals surface area contributed by atoms with E-state index in [1.165, 1.54) is 6.92 Å². The molecule has 0 aromatic carbocycles. The molecule has 0 spiro atoms. The molecular weight excluding hydrogens is 211 g/mol. The lowest BCUT2D eigenvalue weighted by Gasteiger charge is -2.13. The second-order valence-corrected chi connectivity index (χ2v) is 5.13. The molecule has 56 valence electrons. The van der Waals surface area contributed by atoms with Gasteiger partial charge in [-0.05, 0) is 6.92 Å². The van der Waals surface area contributed by atoms with E-state index in [0.717, 1.165) is 0 Å². The van der Waals surface area contributed by atoms with Crippen molar-refractivity contribution >= 4 is 23.5 Å². The van der Waals surface area contributed by atoms with E-state index < -0.39 is 18.3 Å². The third-order valence-corrected chi connectivity index (χ3v) is 4.16. The third-order valence-electron chi connectivity index (χ3n) is 0.719. The van der Waals surface area contributed by atoms with E-state index in [4.69, 9.17) is 14.9 Å². The van der Waals surface area contributed by atoms with E-state index in [1.807, 2.05) is 0 Å². The van der Waals surface area contributed by atoms with Gasteiger partial charge in [-0.2, -0.15) is 0 Å². The fraction of sp³-hybridized carbons (Fsp3) is 1.00. The molecule has 6 heteroatoms. The van der Waals surface area contributed by atoms with Gasteiger partial charge in [0.05, 0.1) is 6.10 Å². The molecule has 0 aliphatic rings. The normalized spacial score (nSPS) is 19.2. The van der Waals surface area contributed by atoms with Gasteiger partial charge in [-0.15, -0.1) is 0 Å². The largest absolute Gasteiger partial charge is 0.392 e. The van der Waals surface area contributed by atoms with E-state index in [0.29, 0.717) is 0 Å². The second-order valence-electron chi connectivity index (χ2n) is 1.70. The zero-order valence-corrected chi connectivity index (χ0v) is 7.21. The van der Waals surface area contributed by atoms with Crippen LogP contribution >= 0.6 is 23.5 Å². The average Bonchev–Trinajstić information content (AvgIpc) is 1.62. The summed E-state index contributed by atoms with van der Waals surface area (Å²) in [6.45, 7) is 1.30. The smallest absolute Gasteiger partial charge is 0.341 e. The molecule has 0 aromatic heterocycles. The minimum Gasteiger partial charge on any atom is -0.392 e. The lowest BCUT2D eigenvalue weighted by atomic mass is 10.5. The molecule has 0 saturated heterocycles. The quantitative estimate of drug-likeness (QED) is 0.460. The highest BCUT2D eigenvalue weighted by atomic mass is 79.9. The summed E-state index contributed by atoms with van der Waals surface area (Å²) < 4.78 is 9.11. The SMILES string of the molecule is C[C@H](O)[C@@H](Br)P(=O)(O)O. The number of alkyl halides is 1. The zero-order chi connectivity index (χ0) is 7.65. The Balaban J connectivity index is 4.05. The summed E-state index contributed by atoms with van der Waals surface area (Å²) in [6.07, 6.45) is -1.04. The number of halogens is 1. The molecule has 0 rings (SSSR count).